The predicted molar refractivity (Wildman–Crippen MR) is 58.6 cm³/mol. The Bertz CT molecular complexity index is 308. The zero-order valence-corrected chi connectivity index (χ0v) is 9.41. The molecule has 1 aliphatic rings. The third-order valence-electron chi connectivity index (χ3n) is 2.67. The second kappa shape index (κ2) is 5.03. The molecule has 0 aliphatic carbocycles. The molecular weight excluding hydrogens is 212 g/mol. The first-order valence-electron chi connectivity index (χ1n) is 5.23. The van der Waals surface area contributed by atoms with Crippen molar-refractivity contribution in [2.75, 3.05) is 13.1 Å². The SMILES string of the molecule is OCc1cnc(CN2CCC(O)CC2)s1. The molecule has 2 heterocycles. The van der Waals surface area contributed by atoms with Crippen LogP contribution in [0, 0.1) is 0 Å². The van der Waals surface area contributed by atoms with Crippen molar-refractivity contribution in [3.63, 3.8) is 0 Å². The highest BCUT2D eigenvalue weighted by atomic mass is 32.1. The van der Waals surface area contributed by atoms with Crippen molar-refractivity contribution in [1.82, 2.24) is 9.88 Å². The number of nitrogens with zero attached hydrogens (tertiary/aromatic N) is 2. The van der Waals surface area contributed by atoms with Crippen LogP contribution in [0.25, 0.3) is 0 Å². The minimum atomic E-state index is -0.120. The van der Waals surface area contributed by atoms with Crippen molar-refractivity contribution in [2.45, 2.75) is 32.1 Å². The van der Waals surface area contributed by atoms with Gasteiger partial charge < -0.3 is 10.2 Å². The molecule has 0 unspecified atom stereocenters. The van der Waals surface area contributed by atoms with E-state index in [0.29, 0.717) is 0 Å². The molecule has 0 atom stereocenters. The molecule has 2 rings (SSSR count). The molecule has 1 aromatic rings. The van der Waals surface area contributed by atoms with Crippen molar-refractivity contribution in [2.24, 2.45) is 0 Å². The zero-order valence-electron chi connectivity index (χ0n) is 8.59. The summed E-state index contributed by atoms with van der Waals surface area (Å²) in [5.41, 5.74) is 0. The molecule has 15 heavy (non-hydrogen) atoms. The fourth-order valence-electron chi connectivity index (χ4n) is 1.76. The predicted octanol–water partition coefficient (Wildman–Crippen LogP) is 0.592. The van der Waals surface area contributed by atoms with Gasteiger partial charge >= 0.3 is 0 Å². The molecule has 1 aliphatic heterocycles. The molecule has 84 valence electrons. The molecule has 0 spiro atoms. The fourth-order valence-corrected chi connectivity index (χ4v) is 2.59. The summed E-state index contributed by atoms with van der Waals surface area (Å²) in [6.07, 6.45) is 3.33. The van der Waals surface area contributed by atoms with Crippen LogP contribution in [-0.2, 0) is 13.2 Å². The summed E-state index contributed by atoms with van der Waals surface area (Å²) in [5.74, 6) is 0. The molecule has 0 aromatic carbocycles. The zero-order chi connectivity index (χ0) is 10.7. The van der Waals surface area contributed by atoms with Gasteiger partial charge in [-0.1, -0.05) is 0 Å². The molecule has 4 nitrogen and oxygen atoms in total. The molecule has 0 saturated carbocycles. The smallest absolute Gasteiger partial charge is 0.107 e. The van der Waals surface area contributed by atoms with E-state index in [0.717, 1.165) is 42.4 Å². The van der Waals surface area contributed by atoms with Gasteiger partial charge in [0.25, 0.3) is 0 Å². The van der Waals surface area contributed by atoms with Gasteiger partial charge in [-0.25, -0.2) is 4.98 Å². The van der Waals surface area contributed by atoms with Gasteiger partial charge in [-0.2, -0.15) is 0 Å². The van der Waals surface area contributed by atoms with E-state index in [1.165, 1.54) is 0 Å². The van der Waals surface area contributed by atoms with Gasteiger partial charge in [0.1, 0.15) is 5.01 Å². The first-order valence-corrected chi connectivity index (χ1v) is 6.04. The molecule has 1 aromatic heterocycles. The number of aliphatic hydroxyl groups excluding tert-OH is 2. The number of hydrogen-bond donors (Lipinski definition) is 2. The molecule has 0 amide bonds. The van der Waals surface area contributed by atoms with E-state index in [1.807, 2.05) is 0 Å². The summed E-state index contributed by atoms with van der Waals surface area (Å²) in [5, 5.41) is 19.3. The molecule has 0 radical (unpaired) electrons. The lowest BCUT2D eigenvalue weighted by atomic mass is 10.1. The van der Waals surface area contributed by atoms with Gasteiger partial charge in [0, 0.05) is 19.3 Å². The van der Waals surface area contributed by atoms with E-state index in [-0.39, 0.29) is 12.7 Å². The van der Waals surface area contributed by atoms with Crippen LogP contribution in [0.2, 0.25) is 0 Å². The minimum absolute atomic E-state index is 0.0797. The highest BCUT2D eigenvalue weighted by Gasteiger charge is 2.17. The summed E-state index contributed by atoms with van der Waals surface area (Å²) < 4.78 is 0. The van der Waals surface area contributed by atoms with Crippen LogP contribution in [0.4, 0.5) is 0 Å². The Hall–Kier alpha value is -0.490. The summed E-state index contributed by atoms with van der Waals surface area (Å²) in [4.78, 5) is 7.47. The number of thiazole rings is 1. The second-order valence-corrected chi connectivity index (χ2v) is 5.09. The first kappa shape index (κ1) is 11.0. The van der Waals surface area contributed by atoms with Crippen LogP contribution in [0.3, 0.4) is 0 Å². The third-order valence-corrected chi connectivity index (χ3v) is 3.64. The van der Waals surface area contributed by atoms with E-state index in [9.17, 15) is 5.11 Å². The maximum absolute atomic E-state index is 9.36. The van der Waals surface area contributed by atoms with Crippen molar-refractivity contribution < 1.29 is 10.2 Å². The van der Waals surface area contributed by atoms with Gasteiger partial charge in [-0.05, 0) is 12.8 Å². The van der Waals surface area contributed by atoms with Crippen molar-refractivity contribution in [3.8, 4) is 0 Å². The van der Waals surface area contributed by atoms with Crippen LogP contribution in [0.1, 0.15) is 22.7 Å². The Labute approximate surface area is 93.2 Å². The van der Waals surface area contributed by atoms with Gasteiger partial charge in [0.15, 0.2) is 0 Å². The average molecular weight is 228 g/mol. The van der Waals surface area contributed by atoms with Gasteiger partial charge in [-0.3, -0.25) is 4.90 Å². The lowest BCUT2D eigenvalue weighted by Gasteiger charge is -2.28. The fraction of sp³-hybridized carbons (Fsp3) is 0.700. The minimum Gasteiger partial charge on any atom is -0.393 e. The number of rotatable bonds is 3. The highest BCUT2D eigenvalue weighted by molar-refractivity contribution is 7.11. The van der Waals surface area contributed by atoms with Crippen LogP contribution in [0.15, 0.2) is 6.20 Å². The van der Waals surface area contributed by atoms with E-state index in [2.05, 4.69) is 9.88 Å². The quantitative estimate of drug-likeness (QED) is 0.795. The molecule has 1 saturated heterocycles. The maximum Gasteiger partial charge on any atom is 0.107 e. The number of aromatic nitrogens is 1. The largest absolute Gasteiger partial charge is 0.393 e. The van der Waals surface area contributed by atoms with Crippen LogP contribution in [0.5, 0.6) is 0 Å². The maximum atomic E-state index is 9.36. The van der Waals surface area contributed by atoms with E-state index < -0.39 is 0 Å². The van der Waals surface area contributed by atoms with Crippen molar-refractivity contribution in [3.05, 3.63) is 16.1 Å². The van der Waals surface area contributed by atoms with Crippen LogP contribution in [-0.4, -0.2) is 39.3 Å². The lowest BCUT2D eigenvalue weighted by molar-refractivity contribution is 0.0792. The number of hydrogen-bond acceptors (Lipinski definition) is 5. The molecule has 1 fully saturated rings. The Morgan fingerprint density at radius 2 is 2.20 bits per heavy atom. The third kappa shape index (κ3) is 2.98. The van der Waals surface area contributed by atoms with Crippen LogP contribution >= 0.6 is 11.3 Å². The molecule has 2 N–H and O–H groups in total. The number of piperidine rings is 1. The standard InChI is InChI=1S/C10H16N2O2S/c13-7-9-5-11-10(15-9)6-12-3-1-8(14)2-4-12/h5,8,13-14H,1-4,6-7H2. The van der Waals surface area contributed by atoms with E-state index >= 15 is 0 Å². The monoisotopic (exact) mass is 228 g/mol. The summed E-state index contributed by atoms with van der Waals surface area (Å²) in [6, 6.07) is 0. The topological polar surface area (TPSA) is 56.6 Å². The first-order chi connectivity index (χ1) is 7.28. The Balaban J connectivity index is 1.86. The van der Waals surface area contributed by atoms with Crippen LogP contribution < -0.4 is 0 Å². The van der Waals surface area contributed by atoms with E-state index in [4.69, 9.17) is 5.11 Å². The normalized spacial score (nSPS) is 19.6. The van der Waals surface area contributed by atoms with Gasteiger partial charge in [0.05, 0.1) is 24.1 Å². The van der Waals surface area contributed by atoms with Gasteiger partial charge in [0.2, 0.25) is 0 Å². The molecule has 0 bridgehead atoms. The highest BCUT2D eigenvalue weighted by Crippen LogP contribution is 2.17. The summed E-state index contributed by atoms with van der Waals surface area (Å²) in [7, 11) is 0. The molecule has 5 heteroatoms. The molecular formula is C10H16N2O2S. The van der Waals surface area contributed by atoms with Gasteiger partial charge in [-0.15, -0.1) is 11.3 Å². The summed E-state index contributed by atoms with van der Waals surface area (Å²) >= 11 is 1.56. The Morgan fingerprint density at radius 1 is 1.47 bits per heavy atom. The Kier molecular flexibility index (Phi) is 3.69. The summed E-state index contributed by atoms with van der Waals surface area (Å²) in [6.45, 7) is 2.80. The number of aliphatic hydroxyl groups is 2. The van der Waals surface area contributed by atoms with Crippen molar-refractivity contribution in [1.29, 1.82) is 0 Å². The van der Waals surface area contributed by atoms with E-state index in [1.54, 1.807) is 17.5 Å². The Morgan fingerprint density at radius 3 is 2.80 bits per heavy atom. The number of likely N-dealkylation sites (tertiary alicyclic amines) is 1. The van der Waals surface area contributed by atoms with Crippen molar-refractivity contribution >= 4 is 11.3 Å². The average Bonchev–Trinajstić information content (AvgIpc) is 2.69. The lowest BCUT2D eigenvalue weighted by Crippen LogP contribution is -2.35. The second-order valence-electron chi connectivity index (χ2n) is 3.89.